The standard InChI is InChI=1S/C17H12BrFO3/c18-15-4-2-1-3-12(15)7-10-17(21)22-11-16(20)13-5-8-14(19)9-6-13/h1-10H,11H2/b10-7+. The first kappa shape index (κ1) is 16.1. The van der Waals surface area contributed by atoms with Crippen LogP contribution in [0.15, 0.2) is 59.1 Å². The fourth-order valence-corrected chi connectivity index (χ4v) is 2.09. The highest BCUT2D eigenvalue weighted by atomic mass is 79.9. The van der Waals surface area contributed by atoms with Gasteiger partial charge in [-0.3, -0.25) is 4.79 Å². The topological polar surface area (TPSA) is 43.4 Å². The van der Waals surface area contributed by atoms with Crippen molar-refractivity contribution in [2.45, 2.75) is 0 Å². The third-order valence-electron chi connectivity index (χ3n) is 2.82. The number of benzene rings is 2. The number of ether oxygens (including phenoxy) is 1. The van der Waals surface area contributed by atoms with Gasteiger partial charge in [-0.1, -0.05) is 34.1 Å². The van der Waals surface area contributed by atoms with E-state index in [1.54, 1.807) is 6.08 Å². The van der Waals surface area contributed by atoms with Gasteiger partial charge in [0, 0.05) is 16.1 Å². The molecule has 0 heterocycles. The second-order valence-corrected chi connectivity index (χ2v) is 5.25. The Hall–Kier alpha value is -2.27. The van der Waals surface area contributed by atoms with E-state index in [9.17, 15) is 14.0 Å². The second kappa shape index (κ2) is 7.66. The number of halogens is 2. The second-order valence-electron chi connectivity index (χ2n) is 4.39. The van der Waals surface area contributed by atoms with Gasteiger partial charge in [-0.2, -0.15) is 0 Å². The Labute approximate surface area is 135 Å². The molecule has 0 bridgehead atoms. The Morgan fingerprint density at radius 3 is 2.45 bits per heavy atom. The summed E-state index contributed by atoms with van der Waals surface area (Å²) in [5.41, 5.74) is 1.12. The van der Waals surface area contributed by atoms with E-state index in [2.05, 4.69) is 15.9 Å². The fourth-order valence-electron chi connectivity index (χ4n) is 1.67. The summed E-state index contributed by atoms with van der Waals surface area (Å²) in [7, 11) is 0. The third-order valence-corrected chi connectivity index (χ3v) is 3.54. The summed E-state index contributed by atoms with van der Waals surface area (Å²) < 4.78 is 18.5. The molecule has 0 radical (unpaired) electrons. The molecule has 22 heavy (non-hydrogen) atoms. The Morgan fingerprint density at radius 2 is 1.77 bits per heavy atom. The molecular formula is C17H12BrFO3. The number of esters is 1. The molecule has 0 aliphatic rings. The monoisotopic (exact) mass is 362 g/mol. The number of hydrogen-bond donors (Lipinski definition) is 0. The predicted molar refractivity (Wildman–Crippen MR) is 84.9 cm³/mol. The maximum absolute atomic E-state index is 12.7. The summed E-state index contributed by atoms with van der Waals surface area (Å²) in [6, 6.07) is 12.4. The van der Waals surface area contributed by atoms with Gasteiger partial charge >= 0.3 is 5.97 Å². The molecule has 0 atom stereocenters. The molecule has 0 amide bonds. The Morgan fingerprint density at radius 1 is 1.09 bits per heavy atom. The van der Waals surface area contributed by atoms with Gasteiger partial charge in [0.1, 0.15) is 5.82 Å². The lowest BCUT2D eigenvalue weighted by atomic mass is 10.1. The highest BCUT2D eigenvalue weighted by Crippen LogP contribution is 2.17. The number of rotatable bonds is 5. The maximum atomic E-state index is 12.7. The molecule has 0 aromatic heterocycles. The van der Waals surface area contributed by atoms with Crippen molar-refractivity contribution in [3.8, 4) is 0 Å². The van der Waals surface area contributed by atoms with E-state index < -0.39 is 11.8 Å². The van der Waals surface area contributed by atoms with E-state index in [0.29, 0.717) is 5.56 Å². The molecular weight excluding hydrogens is 351 g/mol. The van der Waals surface area contributed by atoms with Gasteiger partial charge in [-0.15, -0.1) is 0 Å². The van der Waals surface area contributed by atoms with Crippen molar-refractivity contribution in [3.63, 3.8) is 0 Å². The van der Waals surface area contributed by atoms with Crippen molar-refractivity contribution in [1.29, 1.82) is 0 Å². The van der Waals surface area contributed by atoms with Crippen molar-refractivity contribution in [2.75, 3.05) is 6.61 Å². The van der Waals surface area contributed by atoms with E-state index >= 15 is 0 Å². The summed E-state index contributed by atoms with van der Waals surface area (Å²) in [6.07, 6.45) is 2.84. The molecule has 5 heteroatoms. The maximum Gasteiger partial charge on any atom is 0.331 e. The van der Waals surface area contributed by atoms with Crippen LogP contribution in [-0.2, 0) is 9.53 Å². The van der Waals surface area contributed by atoms with Crippen molar-refractivity contribution in [1.82, 2.24) is 0 Å². The van der Waals surface area contributed by atoms with E-state index in [-0.39, 0.29) is 12.4 Å². The molecule has 0 N–H and O–H groups in total. The molecule has 3 nitrogen and oxygen atoms in total. The molecule has 2 aromatic carbocycles. The Kier molecular flexibility index (Phi) is 5.61. The van der Waals surface area contributed by atoms with Crippen LogP contribution in [0.1, 0.15) is 15.9 Å². The first-order valence-corrected chi connectivity index (χ1v) is 7.23. The minimum Gasteiger partial charge on any atom is -0.454 e. The number of carbonyl (C=O) groups excluding carboxylic acids is 2. The minimum atomic E-state index is -0.619. The summed E-state index contributed by atoms with van der Waals surface area (Å²) >= 11 is 3.36. The summed E-state index contributed by atoms with van der Waals surface area (Å²) in [6.45, 7) is -0.384. The number of Topliss-reactive ketones (excluding diaryl/α,β-unsaturated/α-hetero) is 1. The van der Waals surface area contributed by atoms with Crippen LogP contribution in [0, 0.1) is 5.82 Å². The van der Waals surface area contributed by atoms with Crippen LogP contribution in [-0.4, -0.2) is 18.4 Å². The highest BCUT2D eigenvalue weighted by molar-refractivity contribution is 9.10. The molecule has 0 spiro atoms. The molecule has 0 unspecified atom stereocenters. The molecule has 2 aromatic rings. The van der Waals surface area contributed by atoms with E-state index in [0.717, 1.165) is 10.0 Å². The third kappa shape index (κ3) is 4.63. The number of ketones is 1. The number of hydrogen-bond acceptors (Lipinski definition) is 3. The van der Waals surface area contributed by atoms with E-state index in [1.807, 2.05) is 24.3 Å². The van der Waals surface area contributed by atoms with Gasteiger partial charge in [0.05, 0.1) is 0 Å². The quantitative estimate of drug-likeness (QED) is 0.458. The van der Waals surface area contributed by atoms with Gasteiger partial charge in [0.25, 0.3) is 0 Å². The van der Waals surface area contributed by atoms with Crippen LogP contribution >= 0.6 is 15.9 Å². The smallest absolute Gasteiger partial charge is 0.331 e. The normalized spacial score (nSPS) is 10.6. The van der Waals surface area contributed by atoms with Gasteiger partial charge in [0.15, 0.2) is 12.4 Å². The van der Waals surface area contributed by atoms with Gasteiger partial charge in [-0.05, 0) is 42.0 Å². The van der Waals surface area contributed by atoms with Gasteiger partial charge in [-0.25, -0.2) is 9.18 Å². The largest absolute Gasteiger partial charge is 0.454 e. The Balaban J connectivity index is 1.89. The highest BCUT2D eigenvalue weighted by Gasteiger charge is 2.08. The predicted octanol–water partition coefficient (Wildman–Crippen LogP) is 4.03. The SMILES string of the molecule is O=C(/C=C/c1ccccc1Br)OCC(=O)c1ccc(F)cc1. The molecule has 0 saturated heterocycles. The van der Waals surface area contributed by atoms with E-state index in [4.69, 9.17) is 4.74 Å². The molecule has 0 aliphatic heterocycles. The van der Waals surface area contributed by atoms with Crippen LogP contribution in [0.5, 0.6) is 0 Å². The van der Waals surface area contributed by atoms with E-state index in [1.165, 1.54) is 30.3 Å². The van der Waals surface area contributed by atoms with Crippen LogP contribution in [0.3, 0.4) is 0 Å². The summed E-state index contributed by atoms with van der Waals surface area (Å²) in [4.78, 5) is 23.3. The average Bonchev–Trinajstić information content (AvgIpc) is 2.52. The zero-order valence-corrected chi connectivity index (χ0v) is 13.0. The zero-order chi connectivity index (χ0) is 15.9. The van der Waals surface area contributed by atoms with Crippen LogP contribution in [0.4, 0.5) is 4.39 Å². The zero-order valence-electron chi connectivity index (χ0n) is 11.5. The van der Waals surface area contributed by atoms with Crippen LogP contribution in [0.25, 0.3) is 6.08 Å². The average molecular weight is 363 g/mol. The molecule has 0 fully saturated rings. The molecule has 112 valence electrons. The lowest BCUT2D eigenvalue weighted by Gasteiger charge is -2.02. The number of carbonyl (C=O) groups is 2. The van der Waals surface area contributed by atoms with Crippen molar-refractivity contribution >= 4 is 33.8 Å². The van der Waals surface area contributed by atoms with Gasteiger partial charge < -0.3 is 4.74 Å². The van der Waals surface area contributed by atoms with Crippen LogP contribution < -0.4 is 0 Å². The summed E-state index contributed by atoms with van der Waals surface area (Å²) in [5.74, 6) is -1.43. The lowest BCUT2D eigenvalue weighted by Crippen LogP contribution is -2.12. The summed E-state index contributed by atoms with van der Waals surface area (Å²) in [5, 5.41) is 0. The fraction of sp³-hybridized carbons (Fsp3) is 0.0588. The molecule has 0 aliphatic carbocycles. The first-order valence-electron chi connectivity index (χ1n) is 6.44. The van der Waals surface area contributed by atoms with Crippen molar-refractivity contribution < 1.29 is 18.7 Å². The Bertz CT molecular complexity index is 708. The molecule has 0 saturated carbocycles. The molecule has 2 rings (SSSR count). The van der Waals surface area contributed by atoms with Crippen molar-refractivity contribution in [2.24, 2.45) is 0 Å². The van der Waals surface area contributed by atoms with Gasteiger partial charge in [0.2, 0.25) is 0 Å². The van der Waals surface area contributed by atoms with Crippen molar-refractivity contribution in [3.05, 3.63) is 76.0 Å². The minimum absolute atomic E-state index is 0.295. The lowest BCUT2D eigenvalue weighted by molar-refractivity contribution is -0.136. The first-order chi connectivity index (χ1) is 10.6. The van der Waals surface area contributed by atoms with Crippen LogP contribution in [0.2, 0.25) is 0 Å².